The van der Waals surface area contributed by atoms with E-state index in [-0.39, 0.29) is 11.9 Å². The largest absolute Gasteiger partial charge is 0.324 e. The van der Waals surface area contributed by atoms with Gasteiger partial charge < -0.3 is 5.32 Å². The summed E-state index contributed by atoms with van der Waals surface area (Å²) in [7, 11) is 0. The van der Waals surface area contributed by atoms with Gasteiger partial charge in [-0.2, -0.15) is 0 Å². The summed E-state index contributed by atoms with van der Waals surface area (Å²) < 4.78 is 0. The van der Waals surface area contributed by atoms with Crippen molar-refractivity contribution >= 4 is 11.6 Å². The molecule has 3 heteroatoms. The zero-order valence-corrected chi connectivity index (χ0v) is 14.6. The van der Waals surface area contributed by atoms with Crippen molar-refractivity contribution in [3.63, 3.8) is 0 Å². The van der Waals surface area contributed by atoms with Crippen LogP contribution in [-0.4, -0.2) is 23.9 Å². The van der Waals surface area contributed by atoms with Crippen LogP contribution < -0.4 is 5.32 Å². The van der Waals surface area contributed by atoms with Gasteiger partial charge in [-0.1, -0.05) is 55.0 Å². The van der Waals surface area contributed by atoms with Crippen LogP contribution in [0.2, 0.25) is 0 Å². The molecule has 1 unspecified atom stereocenters. The SMILES string of the molecule is Cc1cccc(C)c1NC(=O)C(c1ccccc1)N1CCCCC1. The van der Waals surface area contributed by atoms with E-state index in [0.29, 0.717) is 0 Å². The van der Waals surface area contributed by atoms with Gasteiger partial charge in [-0.25, -0.2) is 0 Å². The van der Waals surface area contributed by atoms with Gasteiger partial charge in [0.05, 0.1) is 0 Å². The fraction of sp³-hybridized carbons (Fsp3) is 0.381. The van der Waals surface area contributed by atoms with E-state index < -0.39 is 0 Å². The molecule has 1 N–H and O–H groups in total. The molecule has 2 aromatic rings. The second kappa shape index (κ2) is 7.63. The molecule has 1 aliphatic rings. The van der Waals surface area contributed by atoms with E-state index in [9.17, 15) is 4.79 Å². The molecule has 0 aliphatic carbocycles. The lowest BCUT2D eigenvalue weighted by Gasteiger charge is -2.34. The Balaban J connectivity index is 1.88. The molecule has 1 saturated heterocycles. The Morgan fingerprint density at radius 1 is 0.917 bits per heavy atom. The van der Waals surface area contributed by atoms with E-state index in [1.807, 2.05) is 50.2 Å². The van der Waals surface area contributed by atoms with Crippen LogP contribution in [0, 0.1) is 13.8 Å². The highest BCUT2D eigenvalue weighted by Gasteiger charge is 2.29. The van der Waals surface area contributed by atoms with Gasteiger partial charge in [0.15, 0.2) is 0 Å². The van der Waals surface area contributed by atoms with Crippen LogP contribution in [0.5, 0.6) is 0 Å². The number of carbonyl (C=O) groups excluding carboxylic acids is 1. The summed E-state index contributed by atoms with van der Waals surface area (Å²) in [6.45, 7) is 6.06. The van der Waals surface area contributed by atoms with Crippen molar-refractivity contribution in [3.8, 4) is 0 Å². The molecule has 126 valence electrons. The van der Waals surface area contributed by atoms with Gasteiger partial charge in [0, 0.05) is 5.69 Å². The monoisotopic (exact) mass is 322 g/mol. The molecule has 2 aromatic carbocycles. The van der Waals surface area contributed by atoms with Crippen LogP contribution in [0.15, 0.2) is 48.5 Å². The summed E-state index contributed by atoms with van der Waals surface area (Å²) in [5.41, 5.74) is 4.23. The van der Waals surface area contributed by atoms with Crippen LogP contribution in [0.3, 0.4) is 0 Å². The van der Waals surface area contributed by atoms with Gasteiger partial charge in [-0.3, -0.25) is 9.69 Å². The van der Waals surface area contributed by atoms with Crippen molar-refractivity contribution in [2.45, 2.75) is 39.2 Å². The minimum absolute atomic E-state index is 0.0699. The Morgan fingerprint density at radius 3 is 2.17 bits per heavy atom. The highest BCUT2D eigenvalue weighted by atomic mass is 16.2. The third kappa shape index (κ3) is 3.68. The van der Waals surface area contributed by atoms with E-state index >= 15 is 0 Å². The highest BCUT2D eigenvalue weighted by Crippen LogP contribution is 2.28. The Hall–Kier alpha value is -2.13. The minimum Gasteiger partial charge on any atom is -0.324 e. The number of likely N-dealkylation sites (tertiary alicyclic amines) is 1. The number of carbonyl (C=O) groups is 1. The molecule has 24 heavy (non-hydrogen) atoms. The predicted octanol–water partition coefficient (Wildman–Crippen LogP) is 4.47. The second-order valence-electron chi connectivity index (χ2n) is 6.67. The number of nitrogens with zero attached hydrogens (tertiary/aromatic N) is 1. The van der Waals surface area contributed by atoms with Crippen molar-refractivity contribution in [2.75, 3.05) is 18.4 Å². The van der Waals surface area contributed by atoms with E-state index in [2.05, 4.69) is 22.3 Å². The lowest BCUT2D eigenvalue weighted by Crippen LogP contribution is -2.40. The average Bonchev–Trinajstić information content (AvgIpc) is 2.60. The number of hydrogen-bond donors (Lipinski definition) is 1. The Kier molecular flexibility index (Phi) is 5.31. The fourth-order valence-corrected chi connectivity index (χ4v) is 3.54. The maximum atomic E-state index is 13.2. The molecule has 0 aromatic heterocycles. The third-order valence-corrected chi connectivity index (χ3v) is 4.85. The molecule has 0 spiro atoms. The summed E-state index contributed by atoms with van der Waals surface area (Å²) in [6.07, 6.45) is 3.59. The van der Waals surface area contributed by atoms with Crippen molar-refractivity contribution in [1.29, 1.82) is 0 Å². The first-order chi connectivity index (χ1) is 11.7. The van der Waals surface area contributed by atoms with Gasteiger partial charge in [0.1, 0.15) is 6.04 Å². The summed E-state index contributed by atoms with van der Waals surface area (Å²) in [5.74, 6) is 0.0699. The summed E-state index contributed by atoms with van der Waals surface area (Å²) in [6, 6.07) is 16.0. The summed E-state index contributed by atoms with van der Waals surface area (Å²) in [4.78, 5) is 15.5. The minimum atomic E-state index is -0.217. The molecule has 1 fully saturated rings. The Labute approximate surface area is 144 Å². The first kappa shape index (κ1) is 16.7. The van der Waals surface area contributed by atoms with Crippen LogP contribution >= 0.6 is 0 Å². The number of para-hydroxylation sites is 1. The molecule has 3 rings (SSSR count). The lowest BCUT2D eigenvalue weighted by atomic mass is 10.00. The zero-order valence-electron chi connectivity index (χ0n) is 14.6. The molecule has 1 atom stereocenters. The predicted molar refractivity (Wildman–Crippen MR) is 99.2 cm³/mol. The van der Waals surface area contributed by atoms with E-state index in [1.165, 1.54) is 19.3 Å². The molecule has 1 aliphatic heterocycles. The summed E-state index contributed by atoms with van der Waals surface area (Å²) in [5, 5.41) is 3.19. The number of aryl methyl sites for hydroxylation is 2. The van der Waals surface area contributed by atoms with Crippen molar-refractivity contribution < 1.29 is 4.79 Å². The van der Waals surface area contributed by atoms with Gasteiger partial charge in [0.25, 0.3) is 0 Å². The third-order valence-electron chi connectivity index (χ3n) is 4.85. The van der Waals surface area contributed by atoms with Gasteiger partial charge in [0.2, 0.25) is 5.91 Å². The van der Waals surface area contributed by atoms with Crippen LogP contribution in [0.4, 0.5) is 5.69 Å². The quantitative estimate of drug-likeness (QED) is 0.901. The smallest absolute Gasteiger partial charge is 0.246 e. The van der Waals surface area contributed by atoms with Crippen molar-refractivity contribution in [1.82, 2.24) is 4.90 Å². The van der Waals surface area contributed by atoms with Crippen LogP contribution in [0.1, 0.15) is 42.0 Å². The standard InChI is InChI=1S/C21H26N2O/c1-16-10-9-11-17(2)19(16)22-21(24)20(18-12-5-3-6-13-18)23-14-7-4-8-15-23/h3,5-6,9-13,20H,4,7-8,14-15H2,1-2H3,(H,22,24). The Bertz CT molecular complexity index is 670. The van der Waals surface area contributed by atoms with Crippen LogP contribution in [0.25, 0.3) is 0 Å². The molecule has 1 heterocycles. The summed E-state index contributed by atoms with van der Waals surface area (Å²) >= 11 is 0. The number of amides is 1. The second-order valence-corrected chi connectivity index (χ2v) is 6.67. The number of hydrogen-bond acceptors (Lipinski definition) is 2. The first-order valence-corrected chi connectivity index (χ1v) is 8.83. The molecular formula is C21H26N2O. The number of anilines is 1. The maximum absolute atomic E-state index is 13.2. The molecule has 0 saturated carbocycles. The zero-order chi connectivity index (χ0) is 16.9. The maximum Gasteiger partial charge on any atom is 0.246 e. The number of piperidine rings is 1. The average molecular weight is 322 g/mol. The van der Waals surface area contributed by atoms with Crippen LogP contribution in [-0.2, 0) is 4.79 Å². The number of rotatable bonds is 4. The first-order valence-electron chi connectivity index (χ1n) is 8.83. The number of benzene rings is 2. The normalized spacial score (nSPS) is 16.6. The van der Waals surface area contributed by atoms with E-state index in [1.54, 1.807) is 0 Å². The van der Waals surface area contributed by atoms with Crippen molar-refractivity contribution in [2.24, 2.45) is 0 Å². The molecule has 3 nitrogen and oxygen atoms in total. The van der Waals surface area contributed by atoms with E-state index in [0.717, 1.165) is 35.5 Å². The van der Waals surface area contributed by atoms with Gasteiger partial charge in [-0.05, 0) is 56.5 Å². The van der Waals surface area contributed by atoms with Gasteiger partial charge >= 0.3 is 0 Å². The van der Waals surface area contributed by atoms with E-state index in [4.69, 9.17) is 0 Å². The topological polar surface area (TPSA) is 32.3 Å². The molecule has 0 bridgehead atoms. The van der Waals surface area contributed by atoms with Crippen molar-refractivity contribution in [3.05, 3.63) is 65.2 Å². The molecule has 1 amide bonds. The lowest BCUT2D eigenvalue weighted by molar-refractivity contribution is -0.122. The van der Waals surface area contributed by atoms with Gasteiger partial charge in [-0.15, -0.1) is 0 Å². The fourth-order valence-electron chi connectivity index (χ4n) is 3.54. The number of nitrogens with one attached hydrogen (secondary N) is 1. The molecular weight excluding hydrogens is 296 g/mol. The Morgan fingerprint density at radius 2 is 1.54 bits per heavy atom. The molecule has 0 radical (unpaired) electrons. The highest BCUT2D eigenvalue weighted by molar-refractivity contribution is 5.96.